The van der Waals surface area contributed by atoms with Gasteiger partial charge in [-0.15, -0.1) is 0 Å². The number of hydrogen-bond donors (Lipinski definition) is 1. The van der Waals surface area contributed by atoms with Gasteiger partial charge >= 0.3 is 0 Å². The quantitative estimate of drug-likeness (QED) is 0.671. The molecule has 3 nitrogen and oxygen atoms in total. The predicted molar refractivity (Wildman–Crippen MR) is 94.7 cm³/mol. The summed E-state index contributed by atoms with van der Waals surface area (Å²) in [6, 6.07) is 21.5. The lowest BCUT2D eigenvalue weighted by atomic mass is 9.78. The van der Waals surface area contributed by atoms with Gasteiger partial charge in [-0.1, -0.05) is 66.2 Å². The summed E-state index contributed by atoms with van der Waals surface area (Å²) in [7, 11) is 0. The van der Waals surface area contributed by atoms with Crippen LogP contribution in [-0.4, -0.2) is 5.90 Å². The Bertz CT molecular complexity index is 992. The van der Waals surface area contributed by atoms with E-state index in [4.69, 9.17) is 21.7 Å². The van der Waals surface area contributed by atoms with Gasteiger partial charge in [0.15, 0.2) is 0 Å². The Morgan fingerprint density at radius 2 is 1.67 bits per heavy atom. The van der Waals surface area contributed by atoms with Crippen molar-refractivity contribution in [1.29, 1.82) is 10.7 Å². The molecule has 0 aliphatic carbocycles. The smallest absolute Gasteiger partial charge is 0.205 e. The third-order valence-corrected chi connectivity index (χ3v) is 4.75. The van der Waals surface area contributed by atoms with E-state index in [9.17, 15) is 5.26 Å². The predicted octanol–water partition coefficient (Wildman–Crippen LogP) is 5.13. The Labute approximate surface area is 144 Å². The molecule has 1 heterocycles. The van der Waals surface area contributed by atoms with E-state index in [1.54, 1.807) is 0 Å². The average molecular weight is 333 g/mol. The van der Waals surface area contributed by atoms with E-state index >= 15 is 0 Å². The molecule has 0 saturated heterocycles. The molecule has 1 aliphatic rings. The van der Waals surface area contributed by atoms with Crippen LogP contribution >= 0.6 is 11.6 Å². The molecule has 2 atom stereocenters. The summed E-state index contributed by atoms with van der Waals surface area (Å²) in [5.74, 6) is -0.335. The maximum atomic E-state index is 9.60. The summed E-state index contributed by atoms with van der Waals surface area (Å²) in [6.07, 6.45) is 0. The molecule has 1 N–H and O–H groups in total. The number of benzene rings is 3. The summed E-state index contributed by atoms with van der Waals surface area (Å²) in [5.41, 5.74) is 1.83. The van der Waals surface area contributed by atoms with E-state index in [1.807, 2.05) is 60.7 Å². The van der Waals surface area contributed by atoms with E-state index in [-0.39, 0.29) is 11.8 Å². The summed E-state index contributed by atoms with van der Waals surface area (Å²) >= 11 is 6.48. The van der Waals surface area contributed by atoms with Crippen molar-refractivity contribution >= 4 is 28.3 Å². The lowest BCUT2D eigenvalue weighted by Crippen LogP contribution is -2.31. The molecule has 1 aliphatic heterocycles. The Morgan fingerprint density at radius 3 is 2.38 bits per heavy atom. The molecule has 116 valence electrons. The van der Waals surface area contributed by atoms with Crippen molar-refractivity contribution in [2.75, 3.05) is 0 Å². The highest BCUT2D eigenvalue weighted by Crippen LogP contribution is 2.47. The van der Waals surface area contributed by atoms with Gasteiger partial charge in [0, 0.05) is 27.3 Å². The topological polar surface area (TPSA) is 56.9 Å². The summed E-state index contributed by atoms with van der Waals surface area (Å²) in [4.78, 5) is 0. The molecule has 2 unspecified atom stereocenters. The second kappa shape index (κ2) is 5.67. The third kappa shape index (κ3) is 2.16. The second-order valence-electron chi connectivity index (χ2n) is 5.78. The number of fused-ring (bicyclic) bond motifs is 3. The van der Waals surface area contributed by atoms with Gasteiger partial charge in [-0.05, 0) is 11.6 Å². The lowest BCUT2D eigenvalue weighted by Gasteiger charge is -2.31. The van der Waals surface area contributed by atoms with E-state index in [1.165, 1.54) is 0 Å². The summed E-state index contributed by atoms with van der Waals surface area (Å²) in [6.45, 7) is 0. The Balaban J connectivity index is 2.05. The van der Waals surface area contributed by atoms with Crippen LogP contribution in [-0.2, 0) is 0 Å². The number of nitrogens with one attached hydrogen (secondary N) is 1. The second-order valence-corrected chi connectivity index (χ2v) is 6.19. The van der Waals surface area contributed by atoms with Crippen molar-refractivity contribution in [2.45, 2.75) is 5.92 Å². The number of halogens is 1. The van der Waals surface area contributed by atoms with Crippen LogP contribution in [0.25, 0.3) is 10.8 Å². The van der Waals surface area contributed by atoms with Crippen molar-refractivity contribution in [1.82, 2.24) is 0 Å². The summed E-state index contributed by atoms with van der Waals surface area (Å²) in [5, 5.41) is 20.2. The molecule has 0 spiro atoms. The van der Waals surface area contributed by atoms with Crippen LogP contribution in [0.4, 0.5) is 0 Å². The molecule has 0 bridgehead atoms. The SMILES string of the molecule is N#CC1C(=N)Oc2c(cc(Cl)c3ccccc23)C1c1ccccc1. The van der Waals surface area contributed by atoms with Crippen LogP contribution < -0.4 is 4.74 Å². The highest BCUT2D eigenvalue weighted by atomic mass is 35.5. The standard InChI is InChI=1S/C20H13ClN2O/c21-17-10-15-18(12-6-2-1-3-7-12)16(11-22)20(23)24-19(15)14-9-5-4-8-13(14)17/h1-10,16,18,23H. The van der Waals surface area contributed by atoms with Gasteiger partial charge in [0.1, 0.15) is 11.7 Å². The van der Waals surface area contributed by atoms with E-state index in [0.717, 1.165) is 21.9 Å². The summed E-state index contributed by atoms with van der Waals surface area (Å²) < 4.78 is 5.76. The molecule has 3 aromatic carbocycles. The maximum Gasteiger partial charge on any atom is 0.205 e. The minimum absolute atomic E-state index is 0.0219. The molecule has 3 aromatic rings. The Kier molecular flexibility index (Phi) is 3.48. The van der Waals surface area contributed by atoms with Crippen LogP contribution in [0, 0.1) is 22.7 Å². The fraction of sp³-hybridized carbons (Fsp3) is 0.100. The molecule has 24 heavy (non-hydrogen) atoms. The third-order valence-electron chi connectivity index (χ3n) is 4.43. The molecular formula is C20H13ClN2O. The van der Waals surface area contributed by atoms with Gasteiger partial charge in [-0.3, -0.25) is 5.41 Å². The first kappa shape index (κ1) is 14.7. The zero-order valence-corrected chi connectivity index (χ0v) is 13.4. The first-order valence-electron chi connectivity index (χ1n) is 7.62. The fourth-order valence-corrected chi connectivity index (χ4v) is 3.62. The molecule has 0 radical (unpaired) electrons. The molecule has 0 amide bonds. The average Bonchev–Trinajstić information content (AvgIpc) is 2.62. The number of rotatable bonds is 1. The molecule has 0 saturated carbocycles. The van der Waals surface area contributed by atoms with Gasteiger partial charge in [0.05, 0.1) is 6.07 Å². The van der Waals surface area contributed by atoms with Crippen LogP contribution in [0.3, 0.4) is 0 Å². The zero-order valence-electron chi connectivity index (χ0n) is 12.7. The number of ether oxygens (including phenoxy) is 1. The number of nitriles is 1. The van der Waals surface area contributed by atoms with Crippen LogP contribution in [0.15, 0.2) is 60.7 Å². The van der Waals surface area contributed by atoms with Crippen LogP contribution in [0.2, 0.25) is 5.02 Å². The zero-order chi connectivity index (χ0) is 16.7. The van der Waals surface area contributed by atoms with Gasteiger partial charge < -0.3 is 4.74 Å². The Morgan fingerprint density at radius 1 is 1.00 bits per heavy atom. The molecule has 4 rings (SSSR count). The van der Waals surface area contributed by atoms with Crippen molar-refractivity contribution in [3.8, 4) is 11.8 Å². The molecule has 0 fully saturated rings. The number of hydrogen-bond acceptors (Lipinski definition) is 3. The van der Waals surface area contributed by atoms with E-state index < -0.39 is 5.92 Å². The molecule has 0 aromatic heterocycles. The van der Waals surface area contributed by atoms with Gasteiger partial charge in [0.25, 0.3) is 0 Å². The van der Waals surface area contributed by atoms with Gasteiger partial charge in [-0.25, -0.2) is 0 Å². The van der Waals surface area contributed by atoms with Crippen molar-refractivity contribution in [3.05, 3.63) is 76.8 Å². The Hall–Kier alpha value is -2.83. The monoisotopic (exact) mass is 332 g/mol. The van der Waals surface area contributed by atoms with E-state index in [2.05, 4.69) is 6.07 Å². The maximum absolute atomic E-state index is 9.60. The largest absolute Gasteiger partial charge is 0.441 e. The van der Waals surface area contributed by atoms with E-state index in [0.29, 0.717) is 10.8 Å². The van der Waals surface area contributed by atoms with Crippen molar-refractivity contribution < 1.29 is 4.74 Å². The van der Waals surface area contributed by atoms with Crippen LogP contribution in [0.5, 0.6) is 5.75 Å². The normalized spacial score (nSPS) is 19.4. The van der Waals surface area contributed by atoms with Gasteiger partial charge in [-0.2, -0.15) is 5.26 Å². The van der Waals surface area contributed by atoms with Crippen molar-refractivity contribution in [2.24, 2.45) is 5.92 Å². The highest BCUT2D eigenvalue weighted by Gasteiger charge is 2.38. The van der Waals surface area contributed by atoms with Gasteiger partial charge in [0.2, 0.25) is 5.90 Å². The first-order valence-corrected chi connectivity index (χ1v) is 8.00. The number of nitrogens with zero attached hydrogens (tertiary/aromatic N) is 1. The minimum atomic E-state index is -0.669. The fourth-order valence-electron chi connectivity index (χ4n) is 3.34. The minimum Gasteiger partial charge on any atom is -0.441 e. The molecule has 4 heteroatoms. The van der Waals surface area contributed by atoms with Crippen molar-refractivity contribution in [3.63, 3.8) is 0 Å². The first-order chi connectivity index (χ1) is 11.7. The lowest BCUT2D eigenvalue weighted by molar-refractivity contribution is 0.455. The molecular weight excluding hydrogens is 320 g/mol. The van der Waals surface area contributed by atoms with Crippen LogP contribution in [0.1, 0.15) is 17.0 Å². The highest BCUT2D eigenvalue weighted by molar-refractivity contribution is 6.36.